The number of carbonyl (C=O) groups is 2. The highest BCUT2D eigenvalue weighted by Crippen LogP contribution is 2.30. The second kappa shape index (κ2) is 5.17. The van der Waals surface area contributed by atoms with Gasteiger partial charge < -0.3 is 10.0 Å². The molecule has 1 amide bonds. The van der Waals surface area contributed by atoms with Gasteiger partial charge in [0.05, 0.1) is 5.56 Å². The summed E-state index contributed by atoms with van der Waals surface area (Å²) in [5.41, 5.74) is 0.838. The van der Waals surface area contributed by atoms with E-state index in [0.29, 0.717) is 5.56 Å². The number of hydrogen-bond acceptors (Lipinski definition) is 3. The van der Waals surface area contributed by atoms with E-state index < -0.39 is 5.97 Å². The zero-order valence-electron chi connectivity index (χ0n) is 11.0. The molecule has 0 radical (unpaired) electrons. The number of thiophene rings is 1. The van der Waals surface area contributed by atoms with Gasteiger partial charge in [-0.15, -0.1) is 11.3 Å². The smallest absolute Gasteiger partial charge is 0.328 e. The van der Waals surface area contributed by atoms with Crippen molar-refractivity contribution in [2.45, 2.75) is 20.3 Å². The molecule has 0 atom stereocenters. The van der Waals surface area contributed by atoms with E-state index in [1.54, 1.807) is 11.4 Å². The molecule has 0 aliphatic carbocycles. The van der Waals surface area contributed by atoms with Crippen molar-refractivity contribution >= 4 is 29.3 Å². The predicted octanol–water partition coefficient (Wildman–Crippen LogP) is 2.72. The van der Waals surface area contributed by atoms with E-state index in [1.165, 1.54) is 17.4 Å². The summed E-state index contributed by atoms with van der Waals surface area (Å²) in [6, 6.07) is 1.75. The summed E-state index contributed by atoms with van der Waals surface area (Å²) in [5, 5.41) is 10.4. The number of carboxylic acid groups (broad SMARTS) is 1. The Morgan fingerprint density at radius 1 is 1.47 bits per heavy atom. The highest BCUT2D eigenvalue weighted by atomic mass is 32.1. The van der Waals surface area contributed by atoms with Crippen molar-refractivity contribution in [3.8, 4) is 0 Å². The highest BCUT2D eigenvalue weighted by molar-refractivity contribution is 7.11. The lowest BCUT2D eigenvalue weighted by Crippen LogP contribution is -2.29. The quantitative estimate of drug-likeness (QED) is 0.865. The van der Waals surface area contributed by atoms with Crippen molar-refractivity contribution in [3.63, 3.8) is 0 Å². The fourth-order valence-electron chi connectivity index (χ4n) is 2.17. The van der Waals surface area contributed by atoms with E-state index >= 15 is 0 Å². The van der Waals surface area contributed by atoms with Crippen molar-refractivity contribution in [1.82, 2.24) is 4.90 Å². The summed E-state index contributed by atoms with van der Waals surface area (Å²) in [5.74, 6) is -0.945. The monoisotopic (exact) mass is 279 g/mol. The minimum atomic E-state index is -0.984. The summed E-state index contributed by atoms with van der Waals surface area (Å²) >= 11 is 1.38. The third kappa shape index (κ3) is 3.44. The van der Waals surface area contributed by atoms with Gasteiger partial charge in [0.1, 0.15) is 0 Å². The molecule has 1 saturated heterocycles. The van der Waals surface area contributed by atoms with Gasteiger partial charge in [0.2, 0.25) is 0 Å². The molecule has 4 nitrogen and oxygen atoms in total. The summed E-state index contributed by atoms with van der Waals surface area (Å²) in [4.78, 5) is 25.4. The molecule has 0 spiro atoms. The Morgan fingerprint density at radius 3 is 2.79 bits per heavy atom. The molecule has 102 valence electrons. The first kappa shape index (κ1) is 13.8. The van der Waals surface area contributed by atoms with Gasteiger partial charge in [-0.1, -0.05) is 13.8 Å². The standard InChI is InChI=1S/C14H17NO3S/c1-14(2)5-6-15(9-14)13(18)10-7-11(19-8-10)3-4-12(16)17/h3-4,7-8H,5-6,9H2,1-2H3,(H,16,17). The topological polar surface area (TPSA) is 57.6 Å². The number of rotatable bonds is 3. The summed E-state index contributed by atoms with van der Waals surface area (Å²) in [6.45, 7) is 5.90. The SMILES string of the molecule is CC1(C)CCN(C(=O)c2csc(C=CC(=O)O)c2)C1. The van der Waals surface area contributed by atoms with Crippen LogP contribution >= 0.6 is 11.3 Å². The molecular weight excluding hydrogens is 262 g/mol. The number of carboxylic acids is 1. The van der Waals surface area contributed by atoms with E-state index in [4.69, 9.17) is 5.11 Å². The molecule has 2 rings (SSSR count). The Morgan fingerprint density at radius 2 is 2.21 bits per heavy atom. The molecule has 0 saturated carbocycles. The van der Waals surface area contributed by atoms with E-state index in [0.717, 1.165) is 30.5 Å². The molecule has 1 aromatic rings. The first-order valence-corrected chi connectivity index (χ1v) is 7.04. The Labute approximate surface area is 116 Å². The summed E-state index contributed by atoms with van der Waals surface area (Å²) in [6.07, 6.45) is 3.62. The van der Waals surface area contributed by atoms with Crippen LogP contribution in [-0.2, 0) is 4.79 Å². The zero-order valence-corrected chi connectivity index (χ0v) is 11.9. The second-order valence-corrected chi connectivity index (χ2v) is 6.49. The molecule has 1 N–H and O–H groups in total. The van der Waals surface area contributed by atoms with E-state index in [2.05, 4.69) is 13.8 Å². The highest BCUT2D eigenvalue weighted by Gasteiger charge is 2.32. The van der Waals surface area contributed by atoms with Crippen LogP contribution in [0.5, 0.6) is 0 Å². The van der Waals surface area contributed by atoms with E-state index in [1.807, 2.05) is 4.90 Å². The largest absolute Gasteiger partial charge is 0.478 e. The fourth-order valence-corrected chi connectivity index (χ4v) is 2.95. The lowest BCUT2D eigenvalue weighted by atomic mass is 9.93. The van der Waals surface area contributed by atoms with E-state index in [9.17, 15) is 9.59 Å². The molecule has 1 aromatic heterocycles. The van der Waals surface area contributed by atoms with Gasteiger partial charge in [-0.25, -0.2) is 4.79 Å². The first-order chi connectivity index (χ1) is 8.87. The normalized spacial score (nSPS) is 18.1. The van der Waals surface area contributed by atoms with Gasteiger partial charge in [-0.2, -0.15) is 0 Å². The molecule has 0 unspecified atom stereocenters. The number of nitrogens with zero attached hydrogens (tertiary/aromatic N) is 1. The lowest BCUT2D eigenvalue weighted by Gasteiger charge is -2.19. The number of likely N-dealkylation sites (tertiary alicyclic amines) is 1. The minimum absolute atomic E-state index is 0.0387. The number of aliphatic carboxylic acids is 1. The van der Waals surface area contributed by atoms with Crippen LogP contribution in [0.3, 0.4) is 0 Å². The van der Waals surface area contributed by atoms with Gasteiger partial charge >= 0.3 is 5.97 Å². The van der Waals surface area contributed by atoms with Crippen molar-refractivity contribution in [3.05, 3.63) is 28.0 Å². The molecule has 1 aliphatic rings. The van der Waals surface area contributed by atoms with Gasteiger partial charge in [-0.05, 0) is 24.0 Å². The van der Waals surface area contributed by atoms with Crippen LogP contribution in [0.4, 0.5) is 0 Å². The van der Waals surface area contributed by atoms with Crippen molar-refractivity contribution in [1.29, 1.82) is 0 Å². The molecule has 0 aromatic carbocycles. The zero-order chi connectivity index (χ0) is 14.0. The maximum atomic E-state index is 12.3. The molecular formula is C14H17NO3S. The summed E-state index contributed by atoms with van der Waals surface area (Å²) < 4.78 is 0. The fraction of sp³-hybridized carbons (Fsp3) is 0.429. The Kier molecular flexibility index (Phi) is 3.75. The maximum absolute atomic E-state index is 12.3. The maximum Gasteiger partial charge on any atom is 0.328 e. The van der Waals surface area contributed by atoms with Crippen molar-refractivity contribution in [2.24, 2.45) is 5.41 Å². The molecule has 0 bridgehead atoms. The van der Waals surface area contributed by atoms with Gasteiger partial charge in [0.25, 0.3) is 5.91 Å². The average Bonchev–Trinajstić information content (AvgIpc) is 2.92. The van der Waals surface area contributed by atoms with Crippen LogP contribution in [0.1, 0.15) is 35.5 Å². The van der Waals surface area contributed by atoms with Crippen molar-refractivity contribution < 1.29 is 14.7 Å². The van der Waals surface area contributed by atoms with Crippen LogP contribution in [0.25, 0.3) is 6.08 Å². The number of amides is 1. The van der Waals surface area contributed by atoms with Gasteiger partial charge in [-0.3, -0.25) is 4.79 Å². The first-order valence-electron chi connectivity index (χ1n) is 6.16. The second-order valence-electron chi connectivity index (χ2n) is 5.55. The average molecular weight is 279 g/mol. The molecule has 1 aliphatic heterocycles. The van der Waals surface area contributed by atoms with Gasteiger partial charge in [0, 0.05) is 29.4 Å². The Balaban J connectivity index is 2.07. The number of hydrogen-bond donors (Lipinski definition) is 1. The van der Waals surface area contributed by atoms with Crippen LogP contribution in [0.15, 0.2) is 17.5 Å². The van der Waals surface area contributed by atoms with Crippen LogP contribution in [0.2, 0.25) is 0 Å². The molecule has 19 heavy (non-hydrogen) atoms. The van der Waals surface area contributed by atoms with Crippen LogP contribution < -0.4 is 0 Å². The lowest BCUT2D eigenvalue weighted by molar-refractivity contribution is -0.131. The summed E-state index contributed by atoms with van der Waals surface area (Å²) in [7, 11) is 0. The Hall–Kier alpha value is -1.62. The molecule has 5 heteroatoms. The molecule has 2 heterocycles. The van der Waals surface area contributed by atoms with Crippen LogP contribution in [-0.4, -0.2) is 35.0 Å². The minimum Gasteiger partial charge on any atom is -0.478 e. The number of carbonyl (C=O) groups excluding carboxylic acids is 1. The van der Waals surface area contributed by atoms with Crippen molar-refractivity contribution in [2.75, 3.05) is 13.1 Å². The van der Waals surface area contributed by atoms with Gasteiger partial charge in [0.15, 0.2) is 0 Å². The Bertz CT molecular complexity index is 531. The van der Waals surface area contributed by atoms with E-state index in [-0.39, 0.29) is 11.3 Å². The van der Waals surface area contributed by atoms with Crippen LogP contribution in [0, 0.1) is 5.41 Å². The third-order valence-electron chi connectivity index (χ3n) is 3.22. The third-order valence-corrected chi connectivity index (χ3v) is 4.12. The predicted molar refractivity (Wildman–Crippen MR) is 75.3 cm³/mol. The molecule has 1 fully saturated rings.